The van der Waals surface area contributed by atoms with Gasteiger partial charge in [-0.25, -0.2) is 4.79 Å². The zero-order valence-corrected chi connectivity index (χ0v) is 11.9. The molecule has 0 aromatic rings. The molecule has 17 heavy (non-hydrogen) atoms. The van der Waals surface area contributed by atoms with Gasteiger partial charge in [0.2, 0.25) is 0 Å². The Hall–Kier alpha value is -0.420. The number of hydrogen-bond acceptors (Lipinski definition) is 3. The smallest absolute Gasteiger partial charge is 0.317 e. The molecule has 5 heteroatoms. The van der Waals surface area contributed by atoms with Gasteiger partial charge in [-0.2, -0.15) is 11.8 Å². The van der Waals surface area contributed by atoms with Gasteiger partial charge >= 0.3 is 6.03 Å². The molecule has 1 aliphatic heterocycles. The number of thioether (sulfide) groups is 1. The van der Waals surface area contributed by atoms with Crippen LogP contribution in [-0.2, 0) is 4.74 Å². The number of carbonyl (C=O) groups excluding carboxylic acids is 1. The lowest BCUT2D eigenvalue weighted by Gasteiger charge is -2.18. The summed E-state index contributed by atoms with van der Waals surface area (Å²) in [5.41, 5.74) is 0. The van der Waals surface area contributed by atoms with Crippen molar-refractivity contribution in [3.8, 4) is 0 Å². The summed E-state index contributed by atoms with van der Waals surface area (Å²) in [5, 5.41) is 3.45. The summed E-state index contributed by atoms with van der Waals surface area (Å²) in [5.74, 6) is 0.513. The molecule has 2 atom stereocenters. The van der Waals surface area contributed by atoms with Gasteiger partial charge in [-0.05, 0) is 19.6 Å². The predicted octanol–water partition coefficient (Wildman–Crippen LogP) is 1.81. The van der Waals surface area contributed by atoms with Gasteiger partial charge in [-0.15, -0.1) is 0 Å². The van der Waals surface area contributed by atoms with Crippen molar-refractivity contribution in [2.75, 3.05) is 39.1 Å². The van der Waals surface area contributed by atoms with Gasteiger partial charge in [0.15, 0.2) is 0 Å². The third kappa shape index (κ3) is 5.17. The quantitative estimate of drug-likeness (QED) is 0.792. The van der Waals surface area contributed by atoms with E-state index in [0.29, 0.717) is 11.2 Å². The van der Waals surface area contributed by atoms with E-state index in [1.807, 2.05) is 11.8 Å². The first kappa shape index (κ1) is 14.6. The van der Waals surface area contributed by atoms with Crippen molar-refractivity contribution in [3.63, 3.8) is 0 Å². The number of carbonyl (C=O) groups is 1. The fourth-order valence-electron chi connectivity index (χ4n) is 1.86. The molecular formula is C12H24N2O2S. The summed E-state index contributed by atoms with van der Waals surface area (Å²) in [6.07, 6.45) is 3.12. The van der Waals surface area contributed by atoms with E-state index in [4.69, 9.17) is 4.74 Å². The summed E-state index contributed by atoms with van der Waals surface area (Å²) in [6, 6.07) is 0.0740. The number of likely N-dealkylation sites (tertiary alicyclic amines) is 1. The van der Waals surface area contributed by atoms with Crippen LogP contribution in [0.15, 0.2) is 0 Å². The molecular weight excluding hydrogens is 236 g/mol. The van der Waals surface area contributed by atoms with Gasteiger partial charge in [-0.1, -0.05) is 6.92 Å². The zero-order chi connectivity index (χ0) is 12.7. The number of hydrogen-bond donors (Lipinski definition) is 1. The molecule has 0 saturated carbocycles. The van der Waals surface area contributed by atoms with Gasteiger partial charge in [0.25, 0.3) is 0 Å². The number of nitrogens with zero attached hydrogens (tertiary/aromatic N) is 1. The van der Waals surface area contributed by atoms with Crippen LogP contribution in [-0.4, -0.2) is 55.3 Å². The summed E-state index contributed by atoms with van der Waals surface area (Å²) in [6.45, 7) is 8.09. The van der Waals surface area contributed by atoms with Crippen molar-refractivity contribution in [2.24, 2.45) is 5.92 Å². The van der Waals surface area contributed by atoms with E-state index >= 15 is 0 Å². The Morgan fingerprint density at radius 3 is 3.06 bits per heavy atom. The Bertz CT molecular complexity index is 239. The van der Waals surface area contributed by atoms with E-state index in [9.17, 15) is 4.79 Å². The lowest BCUT2D eigenvalue weighted by molar-refractivity contribution is 0.113. The third-order valence-electron chi connectivity index (χ3n) is 3.07. The topological polar surface area (TPSA) is 41.6 Å². The summed E-state index contributed by atoms with van der Waals surface area (Å²) < 4.78 is 5.40. The molecule has 0 unspecified atom stereocenters. The van der Waals surface area contributed by atoms with Crippen molar-refractivity contribution in [1.82, 2.24) is 10.2 Å². The maximum absolute atomic E-state index is 11.8. The lowest BCUT2D eigenvalue weighted by atomic mass is 10.1. The fraction of sp³-hybridized carbons (Fsp3) is 0.917. The van der Waals surface area contributed by atoms with E-state index in [0.717, 1.165) is 39.3 Å². The SMILES string of the molecule is CCOC[C@@H]1CCN(C(=O)NC[C@H](C)SC)C1. The molecule has 0 aliphatic carbocycles. The van der Waals surface area contributed by atoms with Crippen LogP contribution in [0.4, 0.5) is 4.79 Å². The predicted molar refractivity (Wildman–Crippen MR) is 72.5 cm³/mol. The summed E-state index contributed by atoms with van der Waals surface area (Å²) >= 11 is 1.77. The van der Waals surface area contributed by atoms with Crippen molar-refractivity contribution in [2.45, 2.75) is 25.5 Å². The minimum Gasteiger partial charge on any atom is -0.381 e. The lowest BCUT2D eigenvalue weighted by Crippen LogP contribution is -2.41. The Morgan fingerprint density at radius 2 is 2.41 bits per heavy atom. The largest absolute Gasteiger partial charge is 0.381 e. The number of amides is 2. The van der Waals surface area contributed by atoms with Gasteiger partial charge in [0, 0.05) is 37.4 Å². The third-order valence-corrected chi connectivity index (χ3v) is 4.05. The highest BCUT2D eigenvalue weighted by molar-refractivity contribution is 7.99. The zero-order valence-electron chi connectivity index (χ0n) is 11.1. The Labute approximate surface area is 108 Å². The normalized spacial score (nSPS) is 21.6. The van der Waals surface area contributed by atoms with Crippen molar-refractivity contribution in [1.29, 1.82) is 0 Å². The highest BCUT2D eigenvalue weighted by atomic mass is 32.2. The van der Waals surface area contributed by atoms with Crippen LogP contribution in [0.5, 0.6) is 0 Å². The van der Waals surface area contributed by atoms with E-state index in [1.54, 1.807) is 11.8 Å². The van der Waals surface area contributed by atoms with Crippen LogP contribution in [0.1, 0.15) is 20.3 Å². The molecule has 0 radical (unpaired) electrons. The first-order valence-electron chi connectivity index (χ1n) is 6.30. The van der Waals surface area contributed by atoms with Crippen molar-refractivity contribution < 1.29 is 9.53 Å². The molecule has 0 spiro atoms. The molecule has 0 aromatic carbocycles. The van der Waals surface area contributed by atoms with Crippen LogP contribution in [0, 0.1) is 5.92 Å². The monoisotopic (exact) mass is 260 g/mol. The number of urea groups is 1. The molecule has 1 fully saturated rings. The molecule has 1 rings (SSSR count). The maximum Gasteiger partial charge on any atom is 0.317 e. The van der Waals surface area contributed by atoms with Gasteiger partial charge in [-0.3, -0.25) is 0 Å². The standard InChI is InChI=1S/C12H24N2O2S/c1-4-16-9-11-5-6-14(8-11)12(15)13-7-10(2)17-3/h10-11H,4-9H2,1-3H3,(H,13,15)/t10-,11+/m0/s1. The van der Waals surface area contributed by atoms with Crippen LogP contribution < -0.4 is 5.32 Å². The first-order valence-corrected chi connectivity index (χ1v) is 7.59. The van der Waals surface area contributed by atoms with Gasteiger partial charge in [0.05, 0.1) is 6.61 Å². The van der Waals surface area contributed by atoms with Crippen LogP contribution in [0.25, 0.3) is 0 Å². The molecule has 0 aromatic heterocycles. The van der Waals surface area contributed by atoms with Crippen molar-refractivity contribution >= 4 is 17.8 Å². The van der Waals surface area contributed by atoms with Crippen molar-refractivity contribution in [3.05, 3.63) is 0 Å². The minimum absolute atomic E-state index is 0.0740. The van der Waals surface area contributed by atoms with E-state index in [1.165, 1.54) is 0 Å². The highest BCUT2D eigenvalue weighted by Crippen LogP contribution is 2.16. The average Bonchev–Trinajstić information content (AvgIpc) is 2.81. The van der Waals surface area contributed by atoms with Crippen LogP contribution >= 0.6 is 11.8 Å². The molecule has 4 nitrogen and oxygen atoms in total. The van der Waals surface area contributed by atoms with Gasteiger partial charge < -0.3 is 15.0 Å². The molecule has 1 N–H and O–H groups in total. The molecule has 100 valence electrons. The second kappa shape index (κ2) is 7.82. The number of rotatable bonds is 6. The summed E-state index contributed by atoms with van der Waals surface area (Å²) in [7, 11) is 0. The Kier molecular flexibility index (Phi) is 6.73. The fourth-order valence-corrected chi connectivity index (χ4v) is 2.11. The van der Waals surface area contributed by atoms with E-state index in [2.05, 4.69) is 18.5 Å². The Morgan fingerprint density at radius 1 is 1.65 bits per heavy atom. The molecule has 1 aliphatic rings. The molecule has 2 amide bonds. The average molecular weight is 260 g/mol. The van der Waals surface area contributed by atoms with E-state index < -0.39 is 0 Å². The molecule has 1 saturated heterocycles. The number of nitrogens with one attached hydrogen (secondary N) is 1. The number of ether oxygens (including phenoxy) is 1. The Balaban J connectivity index is 2.21. The van der Waals surface area contributed by atoms with Gasteiger partial charge in [0.1, 0.15) is 0 Å². The highest BCUT2D eigenvalue weighted by Gasteiger charge is 2.26. The molecule has 0 bridgehead atoms. The second-order valence-electron chi connectivity index (χ2n) is 4.49. The van der Waals surface area contributed by atoms with Crippen LogP contribution in [0.2, 0.25) is 0 Å². The second-order valence-corrected chi connectivity index (χ2v) is 5.77. The maximum atomic E-state index is 11.8. The summed E-state index contributed by atoms with van der Waals surface area (Å²) in [4.78, 5) is 13.7. The molecule has 1 heterocycles. The van der Waals surface area contributed by atoms with E-state index in [-0.39, 0.29) is 6.03 Å². The minimum atomic E-state index is 0.0740. The van der Waals surface area contributed by atoms with Crippen LogP contribution in [0.3, 0.4) is 0 Å². The first-order chi connectivity index (χ1) is 8.17.